The average molecular weight is 588 g/mol. The summed E-state index contributed by atoms with van der Waals surface area (Å²) in [7, 11) is 1.50. The number of halogens is 3. The quantitative estimate of drug-likeness (QED) is 0.279. The summed E-state index contributed by atoms with van der Waals surface area (Å²) in [6, 6.07) is 16.4. The third kappa shape index (κ3) is 5.73. The Morgan fingerprint density at radius 1 is 1.17 bits per heavy atom. The van der Waals surface area contributed by atoms with E-state index in [0.717, 1.165) is 28.3 Å². The van der Waals surface area contributed by atoms with Gasteiger partial charge >= 0.3 is 0 Å². The molecule has 36 heavy (non-hydrogen) atoms. The van der Waals surface area contributed by atoms with Crippen LogP contribution in [0.2, 0.25) is 5.02 Å². The van der Waals surface area contributed by atoms with Gasteiger partial charge in [0.2, 0.25) is 0 Å². The summed E-state index contributed by atoms with van der Waals surface area (Å²) in [6.45, 7) is 0.196. The van der Waals surface area contributed by atoms with E-state index in [1.54, 1.807) is 30.3 Å². The molecule has 1 aliphatic heterocycles. The lowest BCUT2D eigenvalue weighted by atomic mass is 10.1. The van der Waals surface area contributed by atoms with Crippen LogP contribution in [0.5, 0.6) is 11.5 Å². The van der Waals surface area contributed by atoms with E-state index in [9.17, 15) is 14.0 Å². The second-order valence-electron chi connectivity index (χ2n) is 7.64. The molecule has 3 aromatic rings. The Balaban J connectivity index is 1.52. The van der Waals surface area contributed by atoms with Crippen molar-refractivity contribution in [2.45, 2.75) is 13.2 Å². The van der Waals surface area contributed by atoms with E-state index in [4.69, 9.17) is 26.3 Å². The predicted octanol–water partition coefficient (Wildman–Crippen LogP) is 6.94. The van der Waals surface area contributed by atoms with Crippen LogP contribution in [0.3, 0.4) is 0 Å². The van der Waals surface area contributed by atoms with Crippen molar-refractivity contribution in [3.05, 3.63) is 97.1 Å². The molecular weight excluding hydrogens is 571 g/mol. The van der Waals surface area contributed by atoms with Crippen molar-refractivity contribution in [3.8, 4) is 17.6 Å². The van der Waals surface area contributed by atoms with E-state index in [2.05, 4.69) is 22.0 Å². The van der Waals surface area contributed by atoms with Gasteiger partial charge in [0.15, 0.2) is 11.5 Å². The highest BCUT2D eigenvalue weighted by Crippen LogP contribution is 2.40. The van der Waals surface area contributed by atoms with Crippen LogP contribution in [0, 0.1) is 17.1 Å². The van der Waals surface area contributed by atoms with E-state index in [1.807, 2.05) is 12.1 Å². The second kappa shape index (κ2) is 11.2. The molecule has 1 aliphatic rings. The monoisotopic (exact) mass is 586 g/mol. The molecule has 0 saturated carbocycles. The largest absolute Gasteiger partial charge is 0.493 e. The molecular formula is C26H17BrClFN2O4S. The van der Waals surface area contributed by atoms with Gasteiger partial charge in [-0.1, -0.05) is 29.8 Å². The lowest BCUT2D eigenvalue weighted by molar-refractivity contribution is -0.123. The third-order valence-corrected chi connectivity index (χ3v) is 7.08. The minimum absolute atomic E-state index is 0.0593. The van der Waals surface area contributed by atoms with Gasteiger partial charge in [-0.3, -0.25) is 14.5 Å². The number of nitriles is 1. The zero-order chi connectivity index (χ0) is 25.8. The number of rotatable bonds is 7. The molecule has 0 bridgehead atoms. The van der Waals surface area contributed by atoms with Crippen molar-refractivity contribution in [1.29, 1.82) is 5.26 Å². The van der Waals surface area contributed by atoms with Crippen molar-refractivity contribution < 1.29 is 23.5 Å². The summed E-state index contributed by atoms with van der Waals surface area (Å²) in [5, 5.41) is 8.63. The van der Waals surface area contributed by atoms with Crippen molar-refractivity contribution >= 4 is 56.5 Å². The number of methoxy groups -OCH3 is 1. The predicted molar refractivity (Wildman–Crippen MR) is 139 cm³/mol. The number of nitrogens with zero attached hydrogens (tertiary/aromatic N) is 2. The fourth-order valence-electron chi connectivity index (χ4n) is 3.40. The maximum absolute atomic E-state index is 13.3. The molecule has 0 aromatic heterocycles. The minimum Gasteiger partial charge on any atom is -0.493 e. The summed E-state index contributed by atoms with van der Waals surface area (Å²) in [6.07, 6.45) is 1.59. The Bertz CT molecular complexity index is 1420. The Morgan fingerprint density at radius 3 is 2.58 bits per heavy atom. The highest BCUT2D eigenvalue weighted by molar-refractivity contribution is 9.10. The summed E-state index contributed by atoms with van der Waals surface area (Å²) < 4.78 is 25.3. The number of carbonyl (C=O) groups is 2. The van der Waals surface area contributed by atoms with Crippen LogP contribution in [0.15, 0.2) is 64.0 Å². The Kier molecular flexibility index (Phi) is 7.99. The fourth-order valence-corrected chi connectivity index (χ4v) is 5.04. The number of ether oxygens (including phenoxy) is 2. The normalized spacial score (nSPS) is 14.3. The SMILES string of the molecule is COc1cc(/C=C2\SC(=O)N(Cc3ccc(F)cc3Cl)C2=O)cc(Br)c1OCc1ccc(C#N)cc1. The summed E-state index contributed by atoms with van der Waals surface area (Å²) >= 11 is 10.4. The number of benzene rings is 3. The van der Waals surface area contributed by atoms with Crippen LogP contribution < -0.4 is 9.47 Å². The first-order valence-electron chi connectivity index (χ1n) is 10.5. The average Bonchev–Trinajstić information content (AvgIpc) is 3.12. The van der Waals surface area contributed by atoms with Gasteiger partial charge in [-0.25, -0.2) is 4.39 Å². The first-order chi connectivity index (χ1) is 17.3. The van der Waals surface area contributed by atoms with Gasteiger partial charge in [-0.2, -0.15) is 5.26 Å². The van der Waals surface area contributed by atoms with Crippen LogP contribution in [0.25, 0.3) is 6.08 Å². The highest BCUT2D eigenvalue weighted by Gasteiger charge is 2.35. The number of hydrogen-bond donors (Lipinski definition) is 0. The molecule has 2 amide bonds. The molecule has 3 aromatic carbocycles. The molecule has 0 radical (unpaired) electrons. The Morgan fingerprint density at radius 2 is 1.92 bits per heavy atom. The van der Waals surface area contributed by atoms with Gasteiger partial charge in [-0.15, -0.1) is 0 Å². The molecule has 1 fully saturated rings. The van der Waals surface area contributed by atoms with Gasteiger partial charge in [0, 0.05) is 5.02 Å². The van der Waals surface area contributed by atoms with Crippen molar-refractivity contribution in [3.63, 3.8) is 0 Å². The minimum atomic E-state index is -0.498. The first-order valence-corrected chi connectivity index (χ1v) is 12.5. The maximum atomic E-state index is 13.3. The van der Waals surface area contributed by atoms with Crippen LogP contribution in [0.4, 0.5) is 9.18 Å². The molecule has 0 unspecified atom stereocenters. The van der Waals surface area contributed by atoms with Gasteiger partial charge < -0.3 is 9.47 Å². The molecule has 182 valence electrons. The van der Waals surface area contributed by atoms with E-state index in [0.29, 0.717) is 32.7 Å². The fraction of sp³-hybridized carbons (Fsp3) is 0.115. The number of carbonyl (C=O) groups excluding carboxylic acids is 2. The highest BCUT2D eigenvalue weighted by atomic mass is 79.9. The van der Waals surface area contributed by atoms with Gasteiger partial charge in [-0.05, 0) is 86.9 Å². The molecule has 1 heterocycles. The smallest absolute Gasteiger partial charge is 0.293 e. The zero-order valence-electron chi connectivity index (χ0n) is 18.8. The van der Waals surface area contributed by atoms with Crippen LogP contribution in [-0.4, -0.2) is 23.2 Å². The Hall–Kier alpha value is -3.32. The third-order valence-electron chi connectivity index (χ3n) is 5.23. The topological polar surface area (TPSA) is 79.6 Å². The lowest BCUT2D eigenvalue weighted by Gasteiger charge is -2.14. The van der Waals surface area contributed by atoms with Gasteiger partial charge in [0.05, 0.1) is 34.7 Å². The number of thioether (sulfide) groups is 1. The molecule has 0 atom stereocenters. The van der Waals surface area contributed by atoms with Crippen LogP contribution in [-0.2, 0) is 17.9 Å². The van der Waals surface area contributed by atoms with Gasteiger partial charge in [0.1, 0.15) is 12.4 Å². The molecule has 6 nitrogen and oxygen atoms in total. The van der Waals surface area contributed by atoms with E-state index >= 15 is 0 Å². The molecule has 0 N–H and O–H groups in total. The molecule has 4 rings (SSSR count). The van der Waals surface area contributed by atoms with Crippen LogP contribution in [0.1, 0.15) is 22.3 Å². The van der Waals surface area contributed by atoms with E-state index in [1.165, 1.54) is 19.2 Å². The Labute approximate surface area is 224 Å². The van der Waals surface area contributed by atoms with Crippen molar-refractivity contribution in [1.82, 2.24) is 4.90 Å². The van der Waals surface area contributed by atoms with Gasteiger partial charge in [0.25, 0.3) is 11.1 Å². The number of amides is 2. The van der Waals surface area contributed by atoms with Crippen molar-refractivity contribution in [2.24, 2.45) is 0 Å². The lowest BCUT2D eigenvalue weighted by Crippen LogP contribution is -2.27. The molecule has 10 heteroatoms. The maximum Gasteiger partial charge on any atom is 0.293 e. The number of imide groups is 1. The summed E-state index contributed by atoms with van der Waals surface area (Å²) in [5.74, 6) is -0.0667. The molecule has 0 aliphatic carbocycles. The summed E-state index contributed by atoms with van der Waals surface area (Å²) in [4.78, 5) is 26.7. The number of hydrogen-bond acceptors (Lipinski definition) is 6. The summed E-state index contributed by atoms with van der Waals surface area (Å²) in [5.41, 5.74) is 2.53. The second-order valence-corrected chi connectivity index (χ2v) is 9.89. The van der Waals surface area contributed by atoms with E-state index in [-0.39, 0.29) is 23.1 Å². The first kappa shape index (κ1) is 25.8. The molecule has 0 spiro atoms. The van der Waals surface area contributed by atoms with Crippen molar-refractivity contribution in [2.75, 3.05) is 7.11 Å². The zero-order valence-corrected chi connectivity index (χ0v) is 21.9. The standard InChI is InChI=1S/C26H17BrClFN2O4S/c1-34-22-9-17(8-20(27)24(22)35-14-16-4-2-15(12-30)3-5-16)10-23-25(32)31(26(33)36-23)13-18-6-7-19(29)11-21(18)28/h2-11H,13-14H2,1H3/b23-10-. The van der Waals surface area contributed by atoms with Crippen LogP contribution >= 0.6 is 39.3 Å². The molecule has 1 saturated heterocycles. The van der Waals surface area contributed by atoms with E-state index < -0.39 is 17.0 Å².